The van der Waals surface area contributed by atoms with Gasteiger partial charge in [-0.15, -0.1) is 0 Å². The number of anilines is 1. The number of carbonyl (C=O) groups is 4. The topological polar surface area (TPSA) is 132 Å². The summed E-state index contributed by atoms with van der Waals surface area (Å²) < 4.78 is 3.94. The molecule has 248 valence electrons. The van der Waals surface area contributed by atoms with Gasteiger partial charge in [0.25, 0.3) is 5.91 Å². The predicted molar refractivity (Wildman–Crippen MR) is 184 cm³/mol. The van der Waals surface area contributed by atoms with Gasteiger partial charge in [-0.2, -0.15) is 0 Å². The molecule has 0 bridgehead atoms. The summed E-state index contributed by atoms with van der Waals surface area (Å²) in [6.45, 7) is 5.03. The molecule has 11 nitrogen and oxygen atoms in total. The highest BCUT2D eigenvalue weighted by atomic mass is 127. The fourth-order valence-electron chi connectivity index (χ4n) is 6.64. The van der Waals surface area contributed by atoms with Gasteiger partial charge in [0.15, 0.2) is 3.55 Å². The highest BCUT2D eigenvalue weighted by molar-refractivity contribution is 14.1. The minimum Gasteiger partial charge on any atom is -0.479 e. The lowest BCUT2D eigenvalue weighted by molar-refractivity contribution is -0.145. The normalized spacial score (nSPS) is 27.3. The molecule has 2 saturated heterocycles. The molecule has 3 aliphatic rings. The number of carboxylic acid groups (broad SMARTS) is 1. The summed E-state index contributed by atoms with van der Waals surface area (Å²) >= 11 is 1.81. The number of allylic oxidation sites excluding steroid dienone is 1. The van der Waals surface area contributed by atoms with Crippen LogP contribution < -0.4 is 10.2 Å². The van der Waals surface area contributed by atoms with E-state index in [1.165, 1.54) is 0 Å². The number of ether oxygens (including phenoxy) is 1. The van der Waals surface area contributed by atoms with Crippen LogP contribution in [-0.4, -0.2) is 99.6 Å². The number of fused-ring (bicyclic) bond motifs is 2. The maximum atomic E-state index is 14.0. The van der Waals surface area contributed by atoms with Crippen LogP contribution in [-0.2, 0) is 19.1 Å². The molecule has 0 unspecified atom stereocenters. The van der Waals surface area contributed by atoms with Gasteiger partial charge in [0.2, 0.25) is 11.8 Å². The summed E-state index contributed by atoms with van der Waals surface area (Å²) in [5.41, 5.74) is 1.29. The monoisotopic (exact) mass is 745 g/mol. The van der Waals surface area contributed by atoms with Gasteiger partial charge < -0.3 is 29.9 Å². The number of hydrogen-bond donors (Lipinski definition) is 2. The number of alkyl halides is 1. The van der Waals surface area contributed by atoms with Crippen LogP contribution in [0.2, 0.25) is 0 Å². The molecule has 5 rings (SSSR count). The summed E-state index contributed by atoms with van der Waals surface area (Å²) in [5.74, 6) is -1.79. The van der Waals surface area contributed by atoms with Crippen molar-refractivity contribution in [2.75, 3.05) is 51.3 Å². The first kappa shape index (κ1) is 34.1. The Hall–Kier alpha value is -3.26. The largest absolute Gasteiger partial charge is 0.479 e. The van der Waals surface area contributed by atoms with Crippen molar-refractivity contribution >= 4 is 63.0 Å². The third kappa shape index (κ3) is 7.64. The molecule has 0 saturated carbocycles. The Bertz CT molecular complexity index is 1480. The standard InChI is InChI=1S/C34H44IN5O6/c1-23-11-7-5-3-4-6-8-14-30(41)40-22-24(19-28(40)31(42)37-34(23,35)33(44)45)21-38(2)32(43)26-20-29(39-15-17-46-18-16-39)36-27-13-10-9-12-25(26)27/h7,9-13,20,23-24,28H,3-6,8,14-19,21-22H2,1-2H3,(H,37,42)(H,44,45)/b11-7-/t23-,24-,28-,34+/m0/s1. The Balaban J connectivity index is 1.37. The zero-order chi connectivity index (χ0) is 32.8. The highest BCUT2D eigenvalue weighted by Crippen LogP contribution is 2.32. The number of aromatic nitrogens is 1. The Labute approximate surface area is 283 Å². The Morgan fingerprint density at radius 3 is 2.65 bits per heavy atom. The number of nitrogens with zero attached hydrogens (tertiary/aromatic N) is 4. The third-order valence-electron chi connectivity index (χ3n) is 9.34. The van der Waals surface area contributed by atoms with Crippen molar-refractivity contribution < 1.29 is 29.0 Å². The van der Waals surface area contributed by atoms with Crippen molar-refractivity contribution in [1.29, 1.82) is 0 Å². The van der Waals surface area contributed by atoms with Gasteiger partial charge in [-0.1, -0.05) is 50.1 Å². The summed E-state index contributed by atoms with van der Waals surface area (Å²) in [5, 5.41) is 13.7. The van der Waals surface area contributed by atoms with E-state index in [0.29, 0.717) is 57.8 Å². The van der Waals surface area contributed by atoms with Crippen LogP contribution in [0.25, 0.3) is 10.9 Å². The summed E-state index contributed by atoms with van der Waals surface area (Å²) in [4.78, 5) is 63.9. The van der Waals surface area contributed by atoms with Gasteiger partial charge in [0.1, 0.15) is 11.9 Å². The molecule has 12 heteroatoms. The number of nitrogens with one attached hydrogen (secondary N) is 1. The lowest BCUT2D eigenvalue weighted by Gasteiger charge is -2.32. The maximum Gasteiger partial charge on any atom is 0.340 e. The molecule has 2 fully saturated rings. The van der Waals surface area contributed by atoms with Crippen LogP contribution in [0.15, 0.2) is 42.5 Å². The fraction of sp³-hybridized carbons (Fsp3) is 0.559. The highest BCUT2D eigenvalue weighted by Gasteiger charge is 2.46. The van der Waals surface area contributed by atoms with E-state index in [4.69, 9.17) is 9.72 Å². The van der Waals surface area contributed by atoms with Gasteiger partial charge in [-0.25, -0.2) is 9.78 Å². The Kier molecular flexibility index (Phi) is 11.2. The van der Waals surface area contributed by atoms with E-state index in [1.54, 1.807) is 23.8 Å². The van der Waals surface area contributed by atoms with E-state index in [2.05, 4.69) is 10.2 Å². The van der Waals surface area contributed by atoms with Gasteiger partial charge in [-0.3, -0.25) is 14.4 Å². The van der Waals surface area contributed by atoms with Crippen molar-refractivity contribution in [3.05, 3.63) is 48.0 Å². The first-order chi connectivity index (χ1) is 22.1. The van der Waals surface area contributed by atoms with Crippen LogP contribution in [0.4, 0.5) is 5.82 Å². The number of benzene rings is 1. The molecular weight excluding hydrogens is 701 g/mol. The number of morpholine rings is 1. The van der Waals surface area contributed by atoms with Crippen LogP contribution in [0.3, 0.4) is 0 Å². The van der Waals surface area contributed by atoms with Gasteiger partial charge in [-0.05, 0) is 66.3 Å². The van der Waals surface area contributed by atoms with Crippen LogP contribution >= 0.6 is 22.6 Å². The second-order valence-corrected chi connectivity index (χ2v) is 14.4. The minimum absolute atomic E-state index is 0.109. The molecule has 0 aliphatic carbocycles. The number of pyridine rings is 1. The molecule has 46 heavy (non-hydrogen) atoms. The van der Waals surface area contributed by atoms with Crippen molar-refractivity contribution in [2.45, 2.75) is 61.5 Å². The zero-order valence-corrected chi connectivity index (χ0v) is 28.8. The van der Waals surface area contributed by atoms with Crippen molar-refractivity contribution in [3.63, 3.8) is 0 Å². The summed E-state index contributed by atoms with van der Waals surface area (Å²) in [6.07, 6.45) is 8.92. The SMILES string of the molecule is C[C@H]1/C=C\CCCCCCC(=O)N2C[C@H](CN(C)C(=O)c3cc(N4CCOCC4)nc4ccccc34)C[C@H]2C(=O)N[C@@]1(I)C(=O)O. The first-order valence-electron chi connectivity index (χ1n) is 16.3. The lowest BCUT2D eigenvalue weighted by atomic mass is 9.99. The smallest absolute Gasteiger partial charge is 0.340 e. The quantitative estimate of drug-likeness (QED) is 0.201. The molecule has 2 N–H and O–H groups in total. The van der Waals surface area contributed by atoms with E-state index in [0.717, 1.165) is 48.8 Å². The molecular formula is C34H44IN5O6. The van der Waals surface area contributed by atoms with E-state index in [1.807, 2.05) is 65.1 Å². The number of rotatable bonds is 5. The number of hydrogen-bond acceptors (Lipinski definition) is 7. The maximum absolute atomic E-state index is 14.0. The number of amides is 3. The average molecular weight is 746 g/mol. The second kappa shape index (κ2) is 15.1. The van der Waals surface area contributed by atoms with Gasteiger partial charge in [0.05, 0.1) is 24.3 Å². The third-order valence-corrected chi connectivity index (χ3v) is 11.1. The van der Waals surface area contributed by atoms with E-state index in [9.17, 15) is 24.3 Å². The molecule has 3 aliphatic heterocycles. The fourth-order valence-corrected chi connectivity index (χ4v) is 7.11. The minimum atomic E-state index is -1.56. The zero-order valence-electron chi connectivity index (χ0n) is 26.6. The number of para-hydroxylation sites is 1. The molecule has 4 heterocycles. The number of halogens is 1. The Morgan fingerprint density at radius 1 is 1.15 bits per heavy atom. The first-order valence-corrected chi connectivity index (χ1v) is 17.3. The number of carboxylic acids is 1. The molecule has 4 atom stereocenters. The Morgan fingerprint density at radius 2 is 1.89 bits per heavy atom. The molecule has 2 aromatic rings. The van der Waals surface area contributed by atoms with Crippen LogP contribution in [0.1, 0.15) is 62.2 Å². The molecule has 0 spiro atoms. The molecule has 1 aromatic carbocycles. The summed E-state index contributed by atoms with van der Waals surface area (Å²) in [7, 11) is 1.75. The van der Waals surface area contributed by atoms with Crippen LogP contribution in [0.5, 0.6) is 0 Å². The van der Waals surface area contributed by atoms with Gasteiger partial charge >= 0.3 is 5.97 Å². The predicted octanol–water partition coefficient (Wildman–Crippen LogP) is 4.24. The number of carbonyl (C=O) groups excluding carboxylic acids is 3. The number of aliphatic carboxylic acids is 1. The van der Waals surface area contributed by atoms with Crippen molar-refractivity contribution in [3.8, 4) is 0 Å². The second-order valence-electron chi connectivity index (χ2n) is 12.7. The van der Waals surface area contributed by atoms with E-state index < -0.39 is 27.4 Å². The van der Waals surface area contributed by atoms with Gasteiger partial charge in [0, 0.05) is 51.0 Å². The van der Waals surface area contributed by atoms with E-state index >= 15 is 0 Å². The average Bonchev–Trinajstić information content (AvgIpc) is 3.48. The van der Waals surface area contributed by atoms with Crippen molar-refractivity contribution in [2.24, 2.45) is 11.8 Å². The van der Waals surface area contributed by atoms with Crippen molar-refractivity contribution in [1.82, 2.24) is 20.1 Å². The molecule has 0 radical (unpaired) electrons. The molecule has 1 aromatic heterocycles. The van der Waals surface area contributed by atoms with E-state index in [-0.39, 0.29) is 17.7 Å². The summed E-state index contributed by atoms with van der Waals surface area (Å²) in [6, 6.07) is 8.64. The van der Waals surface area contributed by atoms with Crippen LogP contribution in [0, 0.1) is 11.8 Å². The lowest BCUT2D eigenvalue weighted by Crippen LogP contribution is -2.58. The molecule has 3 amide bonds.